The highest BCUT2D eigenvalue weighted by Crippen LogP contribution is 2.36. The fraction of sp³-hybridized carbons (Fsp3) is 0.571. The van der Waals surface area contributed by atoms with E-state index in [0.717, 1.165) is 6.07 Å². The van der Waals surface area contributed by atoms with Gasteiger partial charge < -0.3 is 10.5 Å². The Labute approximate surface area is 111 Å². The maximum atomic E-state index is 12.8. The van der Waals surface area contributed by atoms with E-state index in [0.29, 0.717) is 12.3 Å². The van der Waals surface area contributed by atoms with Crippen LogP contribution in [-0.4, -0.2) is 12.1 Å². The summed E-state index contributed by atoms with van der Waals surface area (Å²) in [4.78, 5) is 0. The monoisotopic (exact) mass is 274 g/mol. The van der Waals surface area contributed by atoms with Crippen molar-refractivity contribution in [1.29, 1.82) is 0 Å². The zero-order valence-corrected chi connectivity index (χ0v) is 11.3. The second-order valence-corrected chi connectivity index (χ2v) is 5.46. The average molecular weight is 274 g/mol. The number of halogens is 3. The molecule has 0 fully saturated rings. The van der Waals surface area contributed by atoms with Gasteiger partial charge in [0.2, 0.25) is 0 Å². The lowest BCUT2D eigenvalue weighted by molar-refractivity contribution is -0.139. The Morgan fingerprint density at radius 1 is 1.37 bits per heavy atom. The van der Waals surface area contributed by atoms with Crippen molar-refractivity contribution < 1.29 is 17.9 Å². The smallest absolute Gasteiger partial charge is 0.419 e. The molecule has 1 radical (unpaired) electrons. The minimum Gasteiger partial charge on any atom is -0.491 e. The van der Waals surface area contributed by atoms with Gasteiger partial charge in [0, 0.05) is 5.54 Å². The summed E-state index contributed by atoms with van der Waals surface area (Å²) >= 11 is 0. The van der Waals surface area contributed by atoms with E-state index in [1.165, 1.54) is 12.1 Å². The standard InChI is InChI=1S/C14H19F3NO/c1-10(2)8-13(3,18)9-19-12-7-5-4-6-11(12)14(15,16)17/h4,6-7,10H,8-9,18H2,1-3H3/t13-/m0/s1. The van der Waals surface area contributed by atoms with Crippen molar-refractivity contribution in [2.75, 3.05) is 6.61 Å². The third-order valence-corrected chi connectivity index (χ3v) is 2.56. The van der Waals surface area contributed by atoms with Crippen LogP contribution < -0.4 is 10.5 Å². The van der Waals surface area contributed by atoms with Gasteiger partial charge in [-0.2, -0.15) is 13.2 Å². The molecule has 1 aromatic rings. The molecule has 107 valence electrons. The van der Waals surface area contributed by atoms with Gasteiger partial charge in [0.1, 0.15) is 12.4 Å². The molecule has 0 saturated carbocycles. The van der Waals surface area contributed by atoms with Crippen LogP contribution in [0.3, 0.4) is 0 Å². The van der Waals surface area contributed by atoms with Crippen LogP contribution in [0.2, 0.25) is 0 Å². The first-order chi connectivity index (χ1) is 8.62. The van der Waals surface area contributed by atoms with E-state index < -0.39 is 17.3 Å². The molecule has 0 aliphatic carbocycles. The molecule has 19 heavy (non-hydrogen) atoms. The van der Waals surface area contributed by atoms with Crippen LogP contribution in [0.4, 0.5) is 13.2 Å². The van der Waals surface area contributed by atoms with E-state index in [9.17, 15) is 13.2 Å². The first-order valence-electron chi connectivity index (χ1n) is 6.11. The highest BCUT2D eigenvalue weighted by Gasteiger charge is 2.34. The second-order valence-electron chi connectivity index (χ2n) is 5.46. The van der Waals surface area contributed by atoms with Crippen LogP contribution in [-0.2, 0) is 6.18 Å². The van der Waals surface area contributed by atoms with Crippen LogP contribution in [0.5, 0.6) is 5.75 Å². The minimum absolute atomic E-state index is 0.0338. The molecule has 0 aliphatic rings. The fourth-order valence-corrected chi connectivity index (χ4v) is 2.00. The van der Waals surface area contributed by atoms with E-state index in [4.69, 9.17) is 10.5 Å². The van der Waals surface area contributed by atoms with Gasteiger partial charge in [-0.1, -0.05) is 19.9 Å². The van der Waals surface area contributed by atoms with Gasteiger partial charge in [-0.3, -0.25) is 0 Å². The van der Waals surface area contributed by atoms with Crippen LogP contribution in [0.25, 0.3) is 0 Å². The van der Waals surface area contributed by atoms with Crippen molar-refractivity contribution in [3.63, 3.8) is 0 Å². The summed E-state index contributed by atoms with van der Waals surface area (Å²) in [6.07, 6.45) is -3.77. The third-order valence-electron chi connectivity index (χ3n) is 2.56. The van der Waals surface area contributed by atoms with Gasteiger partial charge in [0.05, 0.1) is 5.56 Å². The molecule has 2 N–H and O–H groups in total. The first kappa shape index (κ1) is 15.8. The third kappa shape index (κ3) is 5.11. The Balaban J connectivity index is 2.79. The predicted octanol–water partition coefficient (Wildman–Crippen LogP) is 3.65. The molecular weight excluding hydrogens is 255 g/mol. The van der Waals surface area contributed by atoms with Crippen molar-refractivity contribution >= 4 is 0 Å². The highest BCUT2D eigenvalue weighted by atomic mass is 19.4. The van der Waals surface area contributed by atoms with E-state index in [1.807, 2.05) is 13.8 Å². The fourth-order valence-electron chi connectivity index (χ4n) is 2.00. The lowest BCUT2D eigenvalue weighted by Gasteiger charge is -2.27. The van der Waals surface area contributed by atoms with Crippen molar-refractivity contribution in [1.82, 2.24) is 0 Å². The molecular formula is C14H19F3NO. The molecule has 0 saturated heterocycles. The van der Waals surface area contributed by atoms with Gasteiger partial charge in [-0.05, 0) is 37.5 Å². The van der Waals surface area contributed by atoms with Crippen molar-refractivity contribution in [2.24, 2.45) is 11.7 Å². The topological polar surface area (TPSA) is 35.2 Å². The first-order valence-corrected chi connectivity index (χ1v) is 6.11. The number of rotatable bonds is 5. The SMILES string of the molecule is CC(C)C[C@](C)(N)COc1c[c]ccc1C(F)(F)F. The maximum absolute atomic E-state index is 12.8. The largest absolute Gasteiger partial charge is 0.491 e. The average Bonchev–Trinajstić information content (AvgIpc) is 2.24. The van der Waals surface area contributed by atoms with Crippen LogP contribution in [0.1, 0.15) is 32.8 Å². The van der Waals surface area contributed by atoms with Gasteiger partial charge in [0.25, 0.3) is 0 Å². The summed E-state index contributed by atoms with van der Waals surface area (Å²) < 4.78 is 43.5. The number of hydrogen-bond acceptors (Lipinski definition) is 2. The quantitative estimate of drug-likeness (QED) is 0.889. The van der Waals surface area contributed by atoms with E-state index in [1.54, 1.807) is 6.92 Å². The van der Waals surface area contributed by atoms with Gasteiger partial charge >= 0.3 is 6.18 Å². The molecule has 5 heteroatoms. The summed E-state index contributed by atoms with van der Waals surface area (Å²) in [5.41, 5.74) is 4.55. The Hall–Kier alpha value is -1.23. The molecule has 1 aromatic carbocycles. The number of alkyl halides is 3. The molecule has 1 rings (SSSR count). The Morgan fingerprint density at radius 3 is 2.53 bits per heavy atom. The van der Waals surface area contributed by atoms with E-state index in [-0.39, 0.29) is 12.4 Å². The maximum Gasteiger partial charge on any atom is 0.419 e. The zero-order chi connectivity index (χ0) is 14.7. The molecule has 0 aromatic heterocycles. The normalized spacial score (nSPS) is 15.4. The predicted molar refractivity (Wildman–Crippen MR) is 67.8 cm³/mol. The second kappa shape index (κ2) is 5.82. The molecule has 0 heterocycles. The molecule has 0 spiro atoms. The van der Waals surface area contributed by atoms with Crippen LogP contribution in [0, 0.1) is 12.0 Å². The molecule has 0 aliphatic heterocycles. The van der Waals surface area contributed by atoms with Crippen LogP contribution >= 0.6 is 0 Å². The highest BCUT2D eigenvalue weighted by molar-refractivity contribution is 5.35. The number of ether oxygens (including phenoxy) is 1. The summed E-state index contributed by atoms with van der Waals surface area (Å²) in [7, 11) is 0. The summed E-state index contributed by atoms with van der Waals surface area (Å²) in [6.45, 7) is 5.81. The molecule has 0 amide bonds. The van der Waals surface area contributed by atoms with Crippen LogP contribution in [0.15, 0.2) is 18.2 Å². The lowest BCUT2D eigenvalue weighted by atomic mass is 9.93. The zero-order valence-electron chi connectivity index (χ0n) is 11.3. The minimum atomic E-state index is -4.44. The van der Waals surface area contributed by atoms with Crippen molar-refractivity contribution in [3.05, 3.63) is 29.8 Å². The van der Waals surface area contributed by atoms with Crippen molar-refractivity contribution in [3.8, 4) is 5.75 Å². The lowest BCUT2D eigenvalue weighted by Crippen LogP contribution is -2.43. The molecule has 1 atom stereocenters. The molecule has 2 nitrogen and oxygen atoms in total. The summed E-state index contributed by atoms with van der Waals surface area (Å²) in [6, 6.07) is 5.94. The van der Waals surface area contributed by atoms with Gasteiger partial charge in [0.15, 0.2) is 0 Å². The molecule has 0 unspecified atom stereocenters. The Kier molecular flexibility index (Phi) is 4.85. The van der Waals surface area contributed by atoms with Crippen molar-refractivity contribution in [2.45, 2.75) is 38.9 Å². The van der Waals surface area contributed by atoms with Gasteiger partial charge in [-0.25, -0.2) is 0 Å². The Morgan fingerprint density at radius 2 is 2.00 bits per heavy atom. The summed E-state index contributed by atoms with van der Waals surface area (Å²) in [5, 5.41) is 0. The van der Waals surface area contributed by atoms with E-state index in [2.05, 4.69) is 6.07 Å². The number of hydrogen-bond donors (Lipinski definition) is 1. The number of nitrogens with two attached hydrogens (primary N) is 1. The summed E-state index contributed by atoms with van der Waals surface area (Å²) in [5.74, 6) is 0.124. The Bertz CT molecular complexity index is 413. The van der Waals surface area contributed by atoms with E-state index >= 15 is 0 Å². The van der Waals surface area contributed by atoms with Gasteiger partial charge in [-0.15, -0.1) is 0 Å². The molecule has 0 bridgehead atoms. The number of benzene rings is 1.